The van der Waals surface area contributed by atoms with Crippen LogP contribution in [0.3, 0.4) is 0 Å². The Morgan fingerprint density at radius 3 is 2.56 bits per heavy atom. The number of nitrogens with two attached hydrogens (primary N) is 1. The van der Waals surface area contributed by atoms with Gasteiger partial charge in [0.25, 0.3) is 0 Å². The zero-order valence-electron chi connectivity index (χ0n) is 14.7. The van der Waals surface area contributed by atoms with Gasteiger partial charge in [0, 0.05) is 32.2 Å². The molecule has 1 saturated heterocycles. The van der Waals surface area contributed by atoms with Gasteiger partial charge in [-0.3, -0.25) is 0 Å². The second-order valence-electron chi connectivity index (χ2n) is 6.42. The van der Waals surface area contributed by atoms with Crippen molar-refractivity contribution in [1.82, 2.24) is 14.1 Å². The summed E-state index contributed by atoms with van der Waals surface area (Å²) in [6.45, 7) is 4.35. The molecule has 2 heterocycles. The van der Waals surface area contributed by atoms with Crippen LogP contribution in [0.2, 0.25) is 0 Å². The Morgan fingerprint density at radius 1 is 1.24 bits per heavy atom. The number of benzene rings is 1. The number of aromatic nitrogens is 2. The third-order valence-electron chi connectivity index (χ3n) is 4.72. The Morgan fingerprint density at radius 2 is 1.92 bits per heavy atom. The van der Waals surface area contributed by atoms with Gasteiger partial charge >= 0.3 is 0 Å². The molecule has 25 heavy (non-hydrogen) atoms. The van der Waals surface area contributed by atoms with Gasteiger partial charge in [-0.05, 0) is 19.4 Å². The summed E-state index contributed by atoms with van der Waals surface area (Å²) in [6.07, 6.45) is 0. The molecule has 0 spiro atoms. The molecule has 1 aromatic heterocycles. The van der Waals surface area contributed by atoms with Crippen molar-refractivity contribution in [2.75, 3.05) is 20.2 Å². The lowest BCUT2D eigenvalue weighted by atomic mass is 9.95. The van der Waals surface area contributed by atoms with Gasteiger partial charge in [0.1, 0.15) is 11.6 Å². The van der Waals surface area contributed by atoms with Crippen molar-refractivity contribution in [3.8, 4) is 0 Å². The molecule has 136 valence electrons. The van der Waals surface area contributed by atoms with Crippen LogP contribution in [0.15, 0.2) is 35.2 Å². The average Bonchev–Trinajstić information content (AvgIpc) is 3.10. The van der Waals surface area contributed by atoms with Crippen LogP contribution >= 0.6 is 0 Å². The molecule has 2 N–H and O–H groups in total. The van der Waals surface area contributed by atoms with E-state index in [1.807, 2.05) is 30.3 Å². The Kier molecular flexibility index (Phi) is 4.97. The summed E-state index contributed by atoms with van der Waals surface area (Å²) in [7, 11) is -2.11. The van der Waals surface area contributed by atoms with Crippen LogP contribution in [-0.4, -0.2) is 48.7 Å². The van der Waals surface area contributed by atoms with Crippen molar-refractivity contribution in [2.24, 2.45) is 5.73 Å². The van der Waals surface area contributed by atoms with Gasteiger partial charge in [-0.15, -0.1) is 0 Å². The van der Waals surface area contributed by atoms with Crippen molar-refractivity contribution in [1.29, 1.82) is 0 Å². The molecular formula is C17H24N4O3S. The highest BCUT2D eigenvalue weighted by molar-refractivity contribution is 7.89. The van der Waals surface area contributed by atoms with Crippen LogP contribution in [0.25, 0.3) is 0 Å². The molecule has 0 radical (unpaired) electrons. The summed E-state index contributed by atoms with van der Waals surface area (Å²) in [4.78, 5) is 0.255. The molecule has 8 heteroatoms. The molecule has 7 nitrogen and oxygen atoms in total. The van der Waals surface area contributed by atoms with E-state index < -0.39 is 10.0 Å². The summed E-state index contributed by atoms with van der Waals surface area (Å²) in [5.74, 6) is -0.00870. The smallest absolute Gasteiger partial charge is 0.246 e. The second-order valence-corrected chi connectivity index (χ2v) is 8.30. The van der Waals surface area contributed by atoms with E-state index in [0.717, 1.165) is 5.56 Å². The number of sulfonamides is 1. The minimum atomic E-state index is -3.66. The molecule has 2 atom stereocenters. The fraction of sp³-hybridized carbons (Fsp3) is 0.471. The summed E-state index contributed by atoms with van der Waals surface area (Å²) in [5, 5.41) is 4.29. The van der Waals surface area contributed by atoms with Crippen molar-refractivity contribution < 1.29 is 13.2 Å². The highest BCUT2D eigenvalue weighted by atomic mass is 32.2. The Hall–Kier alpha value is -1.74. The topological polar surface area (TPSA) is 90.5 Å². The predicted molar refractivity (Wildman–Crippen MR) is 94.6 cm³/mol. The van der Waals surface area contributed by atoms with Gasteiger partial charge in [0.2, 0.25) is 10.0 Å². The number of nitrogens with zero attached hydrogens (tertiary/aromatic N) is 3. The average molecular weight is 364 g/mol. The monoisotopic (exact) mass is 364 g/mol. The predicted octanol–water partition coefficient (Wildman–Crippen LogP) is 1.22. The van der Waals surface area contributed by atoms with Crippen LogP contribution in [0, 0.1) is 13.8 Å². The van der Waals surface area contributed by atoms with E-state index in [4.69, 9.17) is 10.5 Å². The normalized spacial score (nSPS) is 21.8. The molecule has 0 amide bonds. The molecule has 0 bridgehead atoms. The first-order valence-electron chi connectivity index (χ1n) is 8.20. The maximum Gasteiger partial charge on any atom is 0.246 e. The molecule has 0 aliphatic carbocycles. The van der Waals surface area contributed by atoms with E-state index in [9.17, 15) is 8.42 Å². The van der Waals surface area contributed by atoms with Gasteiger partial charge < -0.3 is 10.5 Å². The third kappa shape index (κ3) is 3.22. The van der Waals surface area contributed by atoms with E-state index in [2.05, 4.69) is 5.10 Å². The molecular weight excluding hydrogens is 340 g/mol. The number of ether oxygens (including phenoxy) is 1. The van der Waals surface area contributed by atoms with E-state index in [1.54, 1.807) is 25.6 Å². The number of aryl methyl sites for hydroxylation is 1. The van der Waals surface area contributed by atoms with E-state index in [-0.39, 0.29) is 23.6 Å². The Bertz CT molecular complexity index is 848. The second kappa shape index (κ2) is 6.87. The minimum absolute atomic E-state index is 0.00870. The van der Waals surface area contributed by atoms with Crippen LogP contribution in [0.5, 0.6) is 0 Å². The first kappa shape index (κ1) is 18.1. The summed E-state index contributed by atoms with van der Waals surface area (Å²) in [6, 6.07) is 9.59. The van der Waals surface area contributed by atoms with Crippen molar-refractivity contribution >= 4 is 10.0 Å². The highest BCUT2D eigenvalue weighted by Gasteiger charge is 2.40. The molecule has 0 saturated carbocycles. The first-order chi connectivity index (χ1) is 11.9. The van der Waals surface area contributed by atoms with Crippen LogP contribution < -0.4 is 5.73 Å². The lowest BCUT2D eigenvalue weighted by molar-refractivity contribution is 0.118. The Labute approximate surface area is 148 Å². The standard InChI is InChI=1S/C17H24N4O3S/c1-12-17(13(2)21(19-12)11-24-3)25(22,23)20-9-15(16(18)10-20)14-7-5-4-6-8-14/h4-8,15-16H,9-11,18H2,1-3H3/t15-,16+/m0/s1. The van der Waals surface area contributed by atoms with E-state index in [0.29, 0.717) is 24.5 Å². The number of methoxy groups -OCH3 is 1. The lowest BCUT2D eigenvalue weighted by Gasteiger charge is -2.17. The molecule has 1 aromatic carbocycles. The summed E-state index contributed by atoms with van der Waals surface area (Å²) in [5.41, 5.74) is 8.38. The largest absolute Gasteiger partial charge is 0.362 e. The van der Waals surface area contributed by atoms with Crippen molar-refractivity contribution in [2.45, 2.75) is 37.4 Å². The molecule has 0 unspecified atom stereocenters. The third-order valence-corrected chi connectivity index (χ3v) is 6.81. The van der Waals surface area contributed by atoms with Gasteiger partial charge in [0.05, 0.1) is 11.4 Å². The molecule has 1 aliphatic heterocycles. The van der Waals surface area contributed by atoms with Crippen molar-refractivity contribution in [3.63, 3.8) is 0 Å². The van der Waals surface area contributed by atoms with Crippen LogP contribution in [0.4, 0.5) is 0 Å². The fourth-order valence-electron chi connectivity index (χ4n) is 3.47. The molecule has 1 fully saturated rings. The SMILES string of the molecule is COCn1nc(C)c(S(=O)(=O)N2C[C@@H](N)[C@H](c3ccccc3)C2)c1C. The summed E-state index contributed by atoms with van der Waals surface area (Å²) >= 11 is 0. The van der Waals surface area contributed by atoms with E-state index >= 15 is 0 Å². The first-order valence-corrected chi connectivity index (χ1v) is 9.64. The Balaban J connectivity index is 1.92. The van der Waals surface area contributed by atoms with Gasteiger partial charge in [-0.25, -0.2) is 13.1 Å². The van der Waals surface area contributed by atoms with Crippen LogP contribution in [-0.2, 0) is 21.5 Å². The minimum Gasteiger partial charge on any atom is -0.362 e. The molecule has 3 rings (SSSR count). The van der Waals surface area contributed by atoms with E-state index in [1.165, 1.54) is 4.31 Å². The van der Waals surface area contributed by atoms with Gasteiger partial charge in [0.15, 0.2) is 0 Å². The molecule has 2 aromatic rings. The number of rotatable bonds is 5. The highest BCUT2D eigenvalue weighted by Crippen LogP contribution is 2.32. The fourth-order valence-corrected chi connectivity index (χ4v) is 5.35. The molecule has 1 aliphatic rings. The van der Waals surface area contributed by atoms with Crippen LogP contribution in [0.1, 0.15) is 22.9 Å². The van der Waals surface area contributed by atoms with Crippen molar-refractivity contribution in [3.05, 3.63) is 47.3 Å². The maximum absolute atomic E-state index is 13.2. The maximum atomic E-state index is 13.2. The quantitative estimate of drug-likeness (QED) is 0.861. The zero-order valence-corrected chi connectivity index (χ0v) is 15.5. The summed E-state index contributed by atoms with van der Waals surface area (Å²) < 4.78 is 34.5. The number of hydrogen-bond donors (Lipinski definition) is 1. The lowest BCUT2D eigenvalue weighted by Crippen LogP contribution is -2.32. The van der Waals surface area contributed by atoms with Gasteiger partial charge in [-0.1, -0.05) is 30.3 Å². The zero-order chi connectivity index (χ0) is 18.2. The van der Waals surface area contributed by atoms with Gasteiger partial charge in [-0.2, -0.15) is 9.40 Å². The number of hydrogen-bond acceptors (Lipinski definition) is 5.